The van der Waals surface area contributed by atoms with Gasteiger partial charge in [0.15, 0.2) is 0 Å². The lowest BCUT2D eigenvalue weighted by molar-refractivity contribution is 0.400. The maximum absolute atomic E-state index is 3.92. The van der Waals surface area contributed by atoms with Crippen LogP contribution in [0.5, 0.6) is 0 Å². The SMILES string of the molecule is CCC1CCc2cccc(C3C(C)C(C)C4c5ccccc5SC43)c2N1. The summed E-state index contributed by atoms with van der Waals surface area (Å²) in [7, 11) is 0. The molecule has 1 aliphatic carbocycles. The third-order valence-electron chi connectivity index (χ3n) is 7.36. The molecule has 1 N–H and O–H groups in total. The number of benzene rings is 2. The van der Waals surface area contributed by atoms with E-state index in [2.05, 4.69) is 80.3 Å². The first-order valence-corrected chi connectivity index (χ1v) is 11.2. The van der Waals surface area contributed by atoms with Crippen molar-refractivity contribution in [1.82, 2.24) is 0 Å². The third kappa shape index (κ3) is 2.37. The van der Waals surface area contributed by atoms with Gasteiger partial charge in [-0.05, 0) is 53.9 Å². The van der Waals surface area contributed by atoms with Crippen molar-refractivity contribution in [2.75, 3.05) is 5.32 Å². The summed E-state index contributed by atoms with van der Waals surface area (Å²) in [6.45, 7) is 7.30. The van der Waals surface area contributed by atoms with Gasteiger partial charge in [0.2, 0.25) is 0 Å². The van der Waals surface area contributed by atoms with Crippen molar-refractivity contribution in [1.29, 1.82) is 0 Å². The monoisotopic (exact) mass is 363 g/mol. The second kappa shape index (κ2) is 6.34. The van der Waals surface area contributed by atoms with E-state index in [0.29, 0.717) is 23.1 Å². The Kier molecular flexibility index (Phi) is 4.08. The van der Waals surface area contributed by atoms with Crippen molar-refractivity contribution >= 4 is 17.4 Å². The molecule has 2 heteroatoms. The second-order valence-corrected chi connectivity index (χ2v) is 9.78. The minimum absolute atomic E-state index is 0.641. The van der Waals surface area contributed by atoms with Crippen molar-refractivity contribution < 1.29 is 0 Å². The van der Waals surface area contributed by atoms with Crippen LogP contribution in [-0.4, -0.2) is 11.3 Å². The van der Waals surface area contributed by atoms with Crippen molar-refractivity contribution in [3.63, 3.8) is 0 Å². The fourth-order valence-electron chi connectivity index (χ4n) is 5.75. The molecule has 0 bridgehead atoms. The predicted molar refractivity (Wildman–Crippen MR) is 112 cm³/mol. The minimum Gasteiger partial charge on any atom is -0.382 e. The molecule has 136 valence electrons. The van der Waals surface area contributed by atoms with E-state index >= 15 is 0 Å². The summed E-state index contributed by atoms with van der Waals surface area (Å²) in [6, 6.07) is 16.8. The van der Waals surface area contributed by atoms with E-state index in [-0.39, 0.29) is 0 Å². The van der Waals surface area contributed by atoms with Crippen LogP contribution in [0, 0.1) is 11.8 Å². The molecule has 0 spiro atoms. The molecule has 0 radical (unpaired) electrons. The number of hydrogen-bond donors (Lipinski definition) is 1. The van der Waals surface area contributed by atoms with Gasteiger partial charge in [-0.1, -0.05) is 57.2 Å². The Morgan fingerprint density at radius 2 is 1.69 bits per heavy atom. The zero-order valence-corrected chi connectivity index (χ0v) is 16.9. The Balaban J connectivity index is 1.58. The highest BCUT2D eigenvalue weighted by Gasteiger charge is 2.52. The maximum Gasteiger partial charge on any atom is 0.0410 e. The number of para-hydroxylation sites is 1. The summed E-state index contributed by atoms with van der Waals surface area (Å²) in [5.41, 5.74) is 6.21. The Bertz CT molecular complexity index is 829. The highest BCUT2D eigenvalue weighted by Crippen LogP contribution is 2.63. The predicted octanol–water partition coefficient (Wildman–Crippen LogP) is 6.45. The van der Waals surface area contributed by atoms with E-state index in [9.17, 15) is 0 Å². The molecule has 26 heavy (non-hydrogen) atoms. The molecule has 6 unspecified atom stereocenters. The maximum atomic E-state index is 3.92. The first-order chi connectivity index (χ1) is 12.7. The van der Waals surface area contributed by atoms with Crippen LogP contribution in [0.3, 0.4) is 0 Å². The fourth-order valence-corrected chi connectivity index (χ4v) is 7.62. The first-order valence-electron chi connectivity index (χ1n) is 10.3. The van der Waals surface area contributed by atoms with E-state index in [1.165, 1.54) is 35.4 Å². The molecule has 1 nitrogen and oxygen atoms in total. The Hall–Kier alpha value is -1.41. The molecule has 6 atom stereocenters. The summed E-state index contributed by atoms with van der Waals surface area (Å²) in [5.74, 6) is 2.81. The van der Waals surface area contributed by atoms with Crippen LogP contribution in [0.4, 0.5) is 5.69 Å². The number of aryl methyl sites for hydroxylation is 1. The minimum atomic E-state index is 0.641. The van der Waals surface area contributed by atoms with Gasteiger partial charge in [0.25, 0.3) is 0 Å². The smallest absolute Gasteiger partial charge is 0.0410 e. The van der Waals surface area contributed by atoms with E-state index in [4.69, 9.17) is 0 Å². The lowest BCUT2D eigenvalue weighted by Crippen LogP contribution is -2.27. The van der Waals surface area contributed by atoms with Crippen LogP contribution in [0.15, 0.2) is 47.4 Å². The van der Waals surface area contributed by atoms with Crippen LogP contribution in [0.2, 0.25) is 0 Å². The first kappa shape index (κ1) is 16.7. The Morgan fingerprint density at radius 1 is 0.962 bits per heavy atom. The lowest BCUT2D eigenvalue weighted by Gasteiger charge is -2.32. The zero-order chi connectivity index (χ0) is 17.8. The van der Waals surface area contributed by atoms with Gasteiger partial charge in [0.1, 0.15) is 0 Å². The summed E-state index contributed by atoms with van der Waals surface area (Å²) in [5, 5.41) is 4.61. The van der Waals surface area contributed by atoms with Gasteiger partial charge < -0.3 is 5.32 Å². The Labute approximate surface area is 162 Å². The number of thioether (sulfide) groups is 1. The lowest BCUT2D eigenvalue weighted by atomic mass is 9.83. The molecule has 1 saturated carbocycles. The van der Waals surface area contributed by atoms with Crippen LogP contribution < -0.4 is 5.32 Å². The largest absolute Gasteiger partial charge is 0.382 e. The topological polar surface area (TPSA) is 12.0 Å². The van der Waals surface area contributed by atoms with Crippen molar-refractivity contribution in [3.05, 3.63) is 59.2 Å². The molecule has 2 aromatic rings. The van der Waals surface area contributed by atoms with Crippen LogP contribution in [-0.2, 0) is 6.42 Å². The number of nitrogens with one attached hydrogen (secondary N) is 1. The number of hydrogen-bond acceptors (Lipinski definition) is 2. The zero-order valence-electron chi connectivity index (χ0n) is 16.0. The molecule has 5 rings (SSSR count). The van der Waals surface area contributed by atoms with Crippen LogP contribution >= 0.6 is 11.8 Å². The van der Waals surface area contributed by atoms with Gasteiger partial charge in [-0.2, -0.15) is 0 Å². The van der Waals surface area contributed by atoms with E-state index in [1.54, 1.807) is 11.1 Å². The van der Waals surface area contributed by atoms with Gasteiger partial charge in [-0.25, -0.2) is 0 Å². The molecule has 2 aliphatic heterocycles. The molecular weight excluding hydrogens is 334 g/mol. The molecule has 3 aliphatic rings. The van der Waals surface area contributed by atoms with Gasteiger partial charge >= 0.3 is 0 Å². The second-order valence-electron chi connectivity index (χ2n) is 8.56. The molecule has 1 fully saturated rings. The molecule has 0 amide bonds. The van der Waals surface area contributed by atoms with Gasteiger partial charge in [-0.3, -0.25) is 0 Å². The van der Waals surface area contributed by atoms with E-state index < -0.39 is 0 Å². The standard InChI is InChI=1S/C24H29NS/c1-4-17-13-12-16-8-7-10-19(23(16)25-17)22-15(3)14(2)21-18-9-5-6-11-20(18)26-24(21)22/h5-11,14-15,17,21-22,24-25H,4,12-13H2,1-3H3. The normalized spacial score (nSPS) is 34.7. The van der Waals surface area contributed by atoms with Gasteiger partial charge in [0.05, 0.1) is 0 Å². The number of fused-ring (bicyclic) bond motifs is 4. The average molecular weight is 364 g/mol. The summed E-state index contributed by atoms with van der Waals surface area (Å²) >= 11 is 2.15. The summed E-state index contributed by atoms with van der Waals surface area (Å²) in [4.78, 5) is 1.52. The molecule has 2 heterocycles. The molecule has 0 saturated heterocycles. The summed E-state index contributed by atoms with van der Waals surface area (Å²) < 4.78 is 0. The van der Waals surface area contributed by atoms with Crippen molar-refractivity contribution in [2.45, 2.75) is 68.1 Å². The molecule has 0 aromatic heterocycles. The van der Waals surface area contributed by atoms with Crippen molar-refractivity contribution in [2.24, 2.45) is 11.8 Å². The van der Waals surface area contributed by atoms with Crippen LogP contribution in [0.1, 0.15) is 62.1 Å². The average Bonchev–Trinajstić information content (AvgIpc) is 3.16. The van der Waals surface area contributed by atoms with E-state index in [0.717, 1.165) is 11.8 Å². The van der Waals surface area contributed by atoms with Crippen LogP contribution in [0.25, 0.3) is 0 Å². The highest BCUT2D eigenvalue weighted by molar-refractivity contribution is 8.00. The quantitative estimate of drug-likeness (QED) is 0.658. The Morgan fingerprint density at radius 3 is 2.50 bits per heavy atom. The highest BCUT2D eigenvalue weighted by atomic mass is 32.2. The fraction of sp³-hybridized carbons (Fsp3) is 0.500. The van der Waals surface area contributed by atoms with E-state index in [1.807, 2.05) is 0 Å². The van der Waals surface area contributed by atoms with Gasteiger partial charge in [0, 0.05) is 33.7 Å². The number of rotatable bonds is 2. The third-order valence-corrected chi connectivity index (χ3v) is 8.84. The van der Waals surface area contributed by atoms with Gasteiger partial charge in [-0.15, -0.1) is 11.8 Å². The molecular formula is C24H29NS. The van der Waals surface area contributed by atoms with Crippen molar-refractivity contribution in [3.8, 4) is 0 Å². The summed E-state index contributed by atoms with van der Waals surface area (Å²) in [6.07, 6.45) is 3.72. The number of anilines is 1. The molecule has 2 aromatic carbocycles.